The summed E-state index contributed by atoms with van der Waals surface area (Å²) in [5.74, 6) is 0.0132. The van der Waals surface area contributed by atoms with Gasteiger partial charge in [0.25, 0.3) is 11.8 Å². The minimum Gasteiger partial charge on any atom is -0.481 e. The van der Waals surface area contributed by atoms with E-state index in [0.717, 1.165) is 42.9 Å². The molecule has 1 heterocycles. The van der Waals surface area contributed by atoms with Crippen molar-refractivity contribution in [3.05, 3.63) is 54.1 Å². The van der Waals surface area contributed by atoms with Crippen molar-refractivity contribution in [1.82, 2.24) is 4.90 Å². The van der Waals surface area contributed by atoms with Crippen LogP contribution in [0.1, 0.15) is 43.0 Å². The average Bonchev–Trinajstić information content (AvgIpc) is 2.82. The molecule has 0 saturated carbocycles. The van der Waals surface area contributed by atoms with Gasteiger partial charge in [0.1, 0.15) is 5.75 Å². The van der Waals surface area contributed by atoms with E-state index < -0.39 is 16.1 Å². The number of hydrogen-bond acceptors (Lipinski definition) is 5. The number of likely N-dealkylation sites (tertiary alicyclic amines) is 1. The molecular formula is C24H31N3O5S. The van der Waals surface area contributed by atoms with E-state index in [1.54, 1.807) is 48.5 Å². The van der Waals surface area contributed by atoms with Crippen LogP contribution in [0.4, 0.5) is 11.4 Å². The van der Waals surface area contributed by atoms with E-state index in [1.165, 1.54) is 7.05 Å². The molecule has 1 N–H and O–H groups in total. The van der Waals surface area contributed by atoms with E-state index in [1.807, 2.05) is 11.8 Å². The molecule has 8 nitrogen and oxygen atoms in total. The van der Waals surface area contributed by atoms with Gasteiger partial charge in [0.15, 0.2) is 6.10 Å². The summed E-state index contributed by atoms with van der Waals surface area (Å²) in [6.07, 6.45) is 3.88. The number of sulfonamides is 1. The lowest BCUT2D eigenvalue weighted by atomic mass is 10.1. The van der Waals surface area contributed by atoms with E-state index in [-0.39, 0.29) is 11.8 Å². The number of benzene rings is 2. The third-order valence-electron chi connectivity index (χ3n) is 5.70. The fourth-order valence-electron chi connectivity index (χ4n) is 3.67. The number of ether oxygens (including phenoxy) is 1. The molecule has 0 unspecified atom stereocenters. The molecular weight excluding hydrogens is 442 g/mol. The zero-order chi connectivity index (χ0) is 24.0. The molecule has 0 spiro atoms. The fraction of sp³-hybridized carbons (Fsp3) is 0.417. The van der Waals surface area contributed by atoms with Crippen molar-refractivity contribution in [2.45, 2.75) is 38.7 Å². The standard InChI is InChI=1S/C24H31N3O5S/c1-4-22(32-19-14-12-18(13-15-19)26(2)33(3,30)31)23(28)25-21-11-7-6-10-20(21)24(29)27-16-8-5-9-17-27/h6-7,10-15,22H,4-5,8-9,16-17H2,1-3H3,(H,25,28)/t22-/m0/s1. The Balaban J connectivity index is 1.70. The topological polar surface area (TPSA) is 96.0 Å². The van der Waals surface area contributed by atoms with Gasteiger partial charge < -0.3 is 15.0 Å². The highest BCUT2D eigenvalue weighted by molar-refractivity contribution is 7.92. The van der Waals surface area contributed by atoms with Crippen molar-refractivity contribution < 1.29 is 22.7 Å². The van der Waals surface area contributed by atoms with Crippen LogP contribution in [0, 0.1) is 0 Å². The Bertz CT molecular complexity index is 1080. The van der Waals surface area contributed by atoms with Gasteiger partial charge in [-0.2, -0.15) is 0 Å². The molecule has 2 aromatic rings. The van der Waals surface area contributed by atoms with E-state index >= 15 is 0 Å². The number of carbonyl (C=O) groups is 2. The Labute approximate surface area is 195 Å². The molecule has 1 atom stereocenters. The summed E-state index contributed by atoms with van der Waals surface area (Å²) in [6.45, 7) is 3.29. The first-order valence-corrected chi connectivity index (χ1v) is 13.0. The number of para-hydroxylation sites is 1. The molecule has 178 valence electrons. The maximum atomic E-state index is 13.0. The molecule has 0 aliphatic carbocycles. The molecule has 2 aromatic carbocycles. The minimum atomic E-state index is -3.37. The van der Waals surface area contributed by atoms with Gasteiger partial charge in [-0.25, -0.2) is 8.42 Å². The number of nitrogens with zero attached hydrogens (tertiary/aromatic N) is 2. The van der Waals surface area contributed by atoms with Gasteiger partial charge in [-0.1, -0.05) is 19.1 Å². The molecule has 1 aliphatic heterocycles. The number of amides is 2. The lowest BCUT2D eigenvalue weighted by Gasteiger charge is -2.27. The summed E-state index contributed by atoms with van der Waals surface area (Å²) < 4.78 is 30.4. The van der Waals surface area contributed by atoms with Crippen molar-refractivity contribution >= 4 is 33.2 Å². The Kier molecular flexibility index (Phi) is 7.97. The molecule has 0 bridgehead atoms. The Morgan fingerprint density at radius 1 is 1.06 bits per heavy atom. The van der Waals surface area contributed by atoms with Crippen LogP contribution in [0.5, 0.6) is 5.75 Å². The fourth-order valence-corrected chi connectivity index (χ4v) is 4.18. The predicted octanol–water partition coefficient (Wildman–Crippen LogP) is 3.50. The zero-order valence-corrected chi connectivity index (χ0v) is 20.1. The Morgan fingerprint density at radius 3 is 2.30 bits per heavy atom. The Hall–Kier alpha value is -3.07. The maximum Gasteiger partial charge on any atom is 0.265 e. The molecule has 1 fully saturated rings. The highest BCUT2D eigenvalue weighted by Gasteiger charge is 2.24. The second-order valence-electron chi connectivity index (χ2n) is 8.13. The summed E-state index contributed by atoms with van der Waals surface area (Å²) in [6, 6.07) is 13.5. The number of carbonyl (C=O) groups excluding carboxylic acids is 2. The number of anilines is 2. The van der Waals surface area contributed by atoms with Crippen LogP contribution in [-0.2, 0) is 14.8 Å². The SMILES string of the molecule is CC[C@H](Oc1ccc(N(C)S(C)(=O)=O)cc1)C(=O)Nc1ccccc1C(=O)N1CCCCC1. The minimum absolute atomic E-state index is 0.0786. The molecule has 1 saturated heterocycles. The molecule has 1 aliphatic rings. The molecule has 3 rings (SSSR count). The van der Waals surface area contributed by atoms with Crippen LogP contribution in [0.2, 0.25) is 0 Å². The van der Waals surface area contributed by atoms with Crippen LogP contribution in [0.15, 0.2) is 48.5 Å². The van der Waals surface area contributed by atoms with Gasteiger partial charge in [-0.05, 0) is 62.1 Å². The van der Waals surface area contributed by atoms with Gasteiger partial charge in [0.05, 0.1) is 23.2 Å². The third kappa shape index (κ3) is 6.25. The number of piperidine rings is 1. The van der Waals surface area contributed by atoms with Crippen LogP contribution < -0.4 is 14.4 Å². The highest BCUT2D eigenvalue weighted by Crippen LogP contribution is 2.23. The quantitative estimate of drug-likeness (QED) is 0.633. The van der Waals surface area contributed by atoms with Gasteiger partial charge in [0.2, 0.25) is 10.0 Å². The smallest absolute Gasteiger partial charge is 0.265 e. The maximum absolute atomic E-state index is 13.0. The van der Waals surface area contributed by atoms with Gasteiger partial charge in [-0.3, -0.25) is 13.9 Å². The predicted molar refractivity (Wildman–Crippen MR) is 129 cm³/mol. The second kappa shape index (κ2) is 10.7. The van der Waals surface area contributed by atoms with E-state index in [2.05, 4.69) is 5.32 Å². The van der Waals surface area contributed by atoms with Gasteiger partial charge in [0, 0.05) is 20.1 Å². The van der Waals surface area contributed by atoms with Gasteiger partial charge >= 0.3 is 0 Å². The van der Waals surface area contributed by atoms with Crippen molar-refractivity contribution in [1.29, 1.82) is 0 Å². The normalized spacial score (nSPS) is 14.9. The Morgan fingerprint density at radius 2 is 1.70 bits per heavy atom. The van der Waals surface area contributed by atoms with Crippen molar-refractivity contribution in [3.63, 3.8) is 0 Å². The first-order valence-electron chi connectivity index (χ1n) is 11.1. The second-order valence-corrected chi connectivity index (χ2v) is 10.1. The van der Waals surface area contributed by atoms with Crippen LogP contribution in [-0.4, -0.2) is 57.6 Å². The first kappa shape index (κ1) is 24.6. The van der Waals surface area contributed by atoms with Crippen molar-refractivity contribution in [2.75, 3.05) is 36.0 Å². The molecule has 2 amide bonds. The summed E-state index contributed by atoms with van der Waals surface area (Å²) in [5, 5.41) is 2.85. The molecule has 9 heteroatoms. The van der Waals surface area contributed by atoms with Crippen molar-refractivity contribution in [3.8, 4) is 5.75 Å². The van der Waals surface area contributed by atoms with Crippen LogP contribution in [0.25, 0.3) is 0 Å². The lowest BCUT2D eigenvalue weighted by molar-refractivity contribution is -0.122. The average molecular weight is 474 g/mol. The summed E-state index contributed by atoms with van der Waals surface area (Å²) in [7, 11) is -1.90. The number of nitrogens with one attached hydrogen (secondary N) is 1. The number of rotatable bonds is 8. The van der Waals surface area contributed by atoms with E-state index in [4.69, 9.17) is 4.74 Å². The molecule has 0 aromatic heterocycles. The zero-order valence-electron chi connectivity index (χ0n) is 19.3. The first-order chi connectivity index (χ1) is 15.7. The van der Waals surface area contributed by atoms with Crippen LogP contribution in [0.3, 0.4) is 0 Å². The monoisotopic (exact) mass is 473 g/mol. The van der Waals surface area contributed by atoms with E-state index in [0.29, 0.717) is 29.1 Å². The van der Waals surface area contributed by atoms with Gasteiger partial charge in [-0.15, -0.1) is 0 Å². The third-order valence-corrected chi connectivity index (χ3v) is 6.90. The summed E-state index contributed by atoms with van der Waals surface area (Å²) in [5.41, 5.74) is 1.42. The summed E-state index contributed by atoms with van der Waals surface area (Å²) >= 11 is 0. The van der Waals surface area contributed by atoms with Crippen molar-refractivity contribution in [2.24, 2.45) is 0 Å². The largest absolute Gasteiger partial charge is 0.481 e. The van der Waals surface area contributed by atoms with E-state index in [9.17, 15) is 18.0 Å². The number of hydrogen-bond donors (Lipinski definition) is 1. The van der Waals surface area contributed by atoms with Crippen LogP contribution >= 0.6 is 0 Å². The molecule has 33 heavy (non-hydrogen) atoms. The lowest BCUT2D eigenvalue weighted by Crippen LogP contribution is -2.37. The highest BCUT2D eigenvalue weighted by atomic mass is 32.2. The molecule has 0 radical (unpaired) electrons. The summed E-state index contributed by atoms with van der Waals surface area (Å²) in [4.78, 5) is 27.8.